The molecule has 0 amide bonds. The second kappa shape index (κ2) is 6.07. The number of hydrogen-bond acceptors (Lipinski definition) is 5. The van der Waals surface area contributed by atoms with Gasteiger partial charge in [-0.2, -0.15) is 0 Å². The average molecular weight is 284 g/mol. The van der Waals surface area contributed by atoms with Gasteiger partial charge in [-0.15, -0.1) is 5.10 Å². The third-order valence-corrected chi connectivity index (χ3v) is 4.01. The second-order valence-electron chi connectivity index (χ2n) is 4.65. The third-order valence-electron chi connectivity index (χ3n) is 3.29. The maximum atomic E-state index is 4.20. The fraction of sp³-hybridized carbons (Fsp3) is 0.267. The molecule has 0 aliphatic rings. The molecule has 1 N–H and O–H groups in total. The lowest BCUT2D eigenvalue weighted by molar-refractivity contribution is 0.608. The smallest absolute Gasteiger partial charge is 0.0709 e. The molecule has 3 rings (SSSR count). The van der Waals surface area contributed by atoms with Gasteiger partial charge >= 0.3 is 0 Å². The van der Waals surface area contributed by atoms with Gasteiger partial charge in [-0.25, -0.2) is 0 Å². The Balaban J connectivity index is 2.09. The van der Waals surface area contributed by atoms with E-state index in [9.17, 15) is 0 Å². The largest absolute Gasteiger partial charge is 0.305 e. The number of nitrogens with one attached hydrogen (secondary N) is 1. The van der Waals surface area contributed by atoms with E-state index in [0.29, 0.717) is 0 Å². The highest BCUT2D eigenvalue weighted by Gasteiger charge is 2.17. The minimum Gasteiger partial charge on any atom is -0.305 e. The van der Waals surface area contributed by atoms with Gasteiger partial charge in [0.25, 0.3) is 0 Å². The number of benzene rings is 1. The normalized spacial score (nSPS) is 12.7. The van der Waals surface area contributed by atoms with Crippen molar-refractivity contribution in [2.75, 3.05) is 6.54 Å². The molecule has 0 bridgehead atoms. The number of fused-ring (bicyclic) bond motifs is 1. The van der Waals surface area contributed by atoms with Crippen molar-refractivity contribution in [3.63, 3.8) is 0 Å². The molecule has 20 heavy (non-hydrogen) atoms. The Hall–Kier alpha value is -1.85. The van der Waals surface area contributed by atoms with Crippen molar-refractivity contribution in [1.82, 2.24) is 19.9 Å². The summed E-state index contributed by atoms with van der Waals surface area (Å²) in [6, 6.07) is 8.54. The van der Waals surface area contributed by atoms with Crippen molar-refractivity contribution in [3.05, 3.63) is 53.3 Å². The standard InChI is InChI=1S/C15H16N4S/c1-2-7-17-15(14-10-18-19-20-14)13-5-3-4-11-9-16-8-6-12(11)13/h3-6,8-10,15,17H,2,7H2,1H3. The Morgan fingerprint density at radius 3 is 3.00 bits per heavy atom. The maximum absolute atomic E-state index is 4.20. The van der Waals surface area contributed by atoms with Crippen LogP contribution >= 0.6 is 11.5 Å². The van der Waals surface area contributed by atoms with Crippen LogP contribution in [0.1, 0.15) is 29.8 Å². The summed E-state index contributed by atoms with van der Waals surface area (Å²) in [6.45, 7) is 3.13. The zero-order chi connectivity index (χ0) is 13.8. The molecule has 0 aliphatic carbocycles. The Labute approximate surface area is 122 Å². The molecule has 0 saturated carbocycles. The fourth-order valence-electron chi connectivity index (χ4n) is 2.35. The summed E-state index contributed by atoms with van der Waals surface area (Å²) < 4.78 is 4.00. The summed E-state index contributed by atoms with van der Waals surface area (Å²) in [5, 5.41) is 9.95. The van der Waals surface area contributed by atoms with E-state index < -0.39 is 0 Å². The maximum Gasteiger partial charge on any atom is 0.0709 e. The SMILES string of the molecule is CCCNC(c1cnns1)c1cccc2cnccc12. The van der Waals surface area contributed by atoms with Gasteiger partial charge in [0.05, 0.1) is 17.1 Å². The van der Waals surface area contributed by atoms with Crippen LogP contribution in [0.3, 0.4) is 0 Å². The van der Waals surface area contributed by atoms with Gasteiger partial charge in [-0.3, -0.25) is 4.98 Å². The summed E-state index contributed by atoms with van der Waals surface area (Å²) in [5.41, 5.74) is 1.25. The second-order valence-corrected chi connectivity index (χ2v) is 5.47. The van der Waals surface area contributed by atoms with Crippen LogP contribution < -0.4 is 5.32 Å². The minimum atomic E-state index is 0.140. The number of nitrogens with zero attached hydrogens (tertiary/aromatic N) is 3. The average Bonchev–Trinajstić information content (AvgIpc) is 3.02. The van der Waals surface area contributed by atoms with Gasteiger partial charge in [0, 0.05) is 17.8 Å². The van der Waals surface area contributed by atoms with E-state index >= 15 is 0 Å². The van der Waals surface area contributed by atoms with Crippen LogP contribution in [0.25, 0.3) is 10.8 Å². The summed E-state index contributed by atoms with van der Waals surface area (Å²) in [6.07, 6.45) is 6.68. The molecule has 1 atom stereocenters. The van der Waals surface area contributed by atoms with Gasteiger partial charge < -0.3 is 5.32 Å². The molecule has 1 unspecified atom stereocenters. The summed E-state index contributed by atoms with van der Waals surface area (Å²) in [5.74, 6) is 0. The number of rotatable bonds is 5. The first-order valence-electron chi connectivity index (χ1n) is 6.73. The Bertz CT molecular complexity index is 676. The third kappa shape index (κ3) is 2.55. The van der Waals surface area contributed by atoms with Crippen LogP contribution in [-0.2, 0) is 0 Å². The molecule has 0 aliphatic heterocycles. The molecule has 0 radical (unpaired) electrons. The molecule has 102 valence electrons. The quantitative estimate of drug-likeness (QED) is 0.782. The Morgan fingerprint density at radius 2 is 2.20 bits per heavy atom. The molecule has 2 heterocycles. The summed E-state index contributed by atoms with van der Waals surface area (Å²) >= 11 is 1.45. The van der Waals surface area contributed by atoms with E-state index in [1.165, 1.54) is 22.5 Å². The lowest BCUT2D eigenvalue weighted by Crippen LogP contribution is -2.22. The molecule has 4 nitrogen and oxygen atoms in total. The highest BCUT2D eigenvalue weighted by Crippen LogP contribution is 2.29. The van der Waals surface area contributed by atoms with Crippen molar-refractivity contribution < 1.29 is 0 Å². The van der Waals surface area contributed by atoms with E-state index in [1.54, 1.807) is 0 Å². The predicted octanol–water partition coefficient (Wildman–Crippen LogP) is 3.18. The van der Waals surface area contributed by atoms with Gasteiger partial charge in [-0.1, -0.05) is 29.6 Å². The van der Waals surface area contributed by atoms with Crippen molar-refractivity contribution >= 4 is 22.3 Å². The molecular weight excluding hydrogens is 268 g/mol. The highest BCUT2D eigenvalue weighted by molar-refractivity contribution is 7.05. The van der Waals surface area contributed by atoms with Crippen LogP contribution in [0.4, 0.5) is 0 Å². The van der Waals surface area contributed by atoms with Gasteiger partial charge in [-0.05, 0) is 41.5 Å². The molecule has 0 spiro atoms. The van der Waals surface area contributed by atoms with Crippen LogP contribution in [0, 0.1) is 0 Å². The van der Waals surface area contributed by atoms with E-state index in [-0.39, 0.29) is 6.04 Å². The van der Waals surface area contributed by atoms with Crippen LogP contribution in [-0.4, -0.2) is 21.1 Å². The zero-order valence-corrected chi connectivity index (χ0v) is 12.1. The molecule has 5 heteroatoms. The van der Waals surface area contributed by atoms with E-state index in [1.807, 2.05) is 18.6 Å². The molecule has 3 aromatic rings. The number of pyridine rings is 1. The summed E-state index contributed by atoms with van der Waals surface area (Å²) in [7, 11) is 0. The van der Waals surface area contributed by atoms with Crippen LogP contribution in [0.5, 0.6) is 0 Å². The predicted molar refractivity (Wildman–Crippen MR) is 81.8 cm³/mol. The molecule has 0 saturated heterocycles. The first kappa shape index (κ1) is 13.1. The lowest BCUT2D eigenvalue weighted by Gasteiger charge is -2.18. The molecular formula is C15H16N4S. The number of aromatic nitrogens is 3. The van der Waals surface area contributed by atoms with Crippen LogP contribution in [0.15, 0.2) is 42.9 Å². The molecule has 0 fully saturated rings. The van der Waals surface area contributed by atoms with Crippen molar-refractivity contribution in [2.24, 2.45) is 0 Å². The van der Waals surface area contributed by atoms with Gasteiger partial charge in [0.15, 0.2) is 0 Å². The summed E-state index contributed by atoms with van der Waals surface area (Å²) in [4.78, 5) is 5.34. The van der Waals surface area contributed by atoms with Gasteiger partial charge in [0.2, 0.25) is 0 Å². The monoisotopic (exact) mass is 284 g/mol. The minimum absolute atomic E-state index is 0.140. The Kier molecular flexibility index (Phi) is 3.99. The zero-order valence-electron chi connectivity index (χ0n) is 11.3. The fourth-order valence-corrected chi connectivity index (χ4v) is 2.95. The van der Waals surface area contributed by atoms with Crippen molar-refractivity contribution in [1.29, 1.82) is 0 Å². The van der Waals surface area contributed by atoms with Crippen molar-refractivity contribution in [2.45, 2.75) is 19.4 Å². The first-order chi connectivity index (χ1) is 9.90. The molecule has 2 aromatic heterocycles. The number of hydrogen-bond donors (Lipinski definition) is 1. The van der Waals surface area contributed by atoms with E-state index in [2.05, 4.69) is 51.1 Å². The van der Waals surface area contributed by atoms with Crippen molar-refractivity contribution in [3.8, 4) is 0 Å². The topological polar surface area (TPSA) is 50.7 Å². The molecule has 1 aromatic carbocycles. The van der Waals surface area contributed by atoms with Crippen LogP contribution in [0.2, 0.25) is 0 Å². The van der Waals surface area contributed by atoms with E-state index in [0.717, 1.165) is 23.2 Å². The first-order valence-corrected chi connectivity index (χ1v) is 7.50. The highest BCUT2D eigenvalue weighted by atomic mass is 32.1. The van der Waals surface area contributed by atoms with Gasteiger partial charge in [0.1, 0.15) is 0 Å². The van der Waals surface area contributed by atoms with E-state index in [4.69, 9.17) is 0 Å². The lowest BCUT2D eigenvalue weighted by atomic mass is 9.99. The Morgan fingerprint density at radius 1 is 1.25 bits per heavy atom.